The summed E-state index contributed by atoms with van der Waals surface area (Å²) < 4.78 is 5.29. The number of aliphatic hydroxyl groups excluding tert-OH is 1. The van der Waals surface area contributed by atoms with Crippen LogP contribution in [0.25, 0.3) is 0 Å². The lowest BCUT2D eigenvalue weighted by atomic mass is 10.1. The van der Waals surface area contributed by atoms with Gasteiger partial charge in [0, 0.05) is 17.5 Å². The second-order valence-corrected chi connectivity index (χ2v) is 4.40. The molecule has 0 radical (unpaired) electrons. The standard InChI is InChI=1S/C16H16N2O3/c1-12-10-17-15(21-12)11-18-16(20)14-7-4-6-13(9-14)5-2-3-8-19/h4,6-7,9-10,19H,3,8,11H2,1H3,(H,18,20). The molecule has 2 N–H and O–H groups in total. The molecule has 0 fully saturated rings. The van der Waals surface area contributed by atoms with Gasteiger partial charge in [-0.2, -0.15) is 0 Å². The van der Waals surface area contributed by atoms with Crippen LogP contribution >= 0.6 is 0 Å². The molecule has 2 aromatic rings. The van der Waals surface area contributed by atoms with Crippen molar-refractivity contribution in [2.45, 2.75) is 19.9 Å². The highest BCUT2D eigenvalue weighted by atomic mass is 16.4. The summed E-state index contributed by atoms with van der Waals surface area (Å²) in [6.45, 7) is 2.07. The van der Waals surface area contributed by atoms with Crippen LogP contribution in [0.4, 0.5) is 0 Å². The van der Waals surface area contributed by atoms with E-state index in [-0.39, 0.29) is 19.1 Å². The number of nitrogens with zero attached hydrogens (tertiary/aromatic N) is 1. The monoisotopic (exact) mass is 284 g/mol. The fourth-order valence-electron chi connectivity index (χ4n) is 1.70. The molecule has 21 heavy (non-hydrogen) atoms. The maximum absolute atomic E-state index is 12.0. The summed E-state index contributed by atoms with van der Waals surface area (Å²) in [5.74, 6) is 6.69. The van der Waals surface area contributed by atoms with Gasteiger partial charge in [-0.05, 0) is 25.1 Å². The highest BCUT2D eigenvalue weighted by molar-refractivity contribution is 5.94. The topological polar surface area (TPSA) is 75.4 Å². The van der Waals surface area contributed by atoms with E-state index < -0.39 is 0 Å². The molecule has 1 amide bonds. The zero-order valence-corrected chi connectivity index (χ0v) is 11.7. The molecule has 5 heteroatoms. The predicted octanol–water partition coefficient (Wildman–Crippen LogP) is 1.65. The average Bonchev–Trinajstić information content (AvgIpc) is 2.91. The molecule has 1 aromatic carbocycles. The molecule has 1 heterocycles. The van der Waals surface area contributed by atoms with Crippen LogP contribution < -0.4 is 5.32 Å². The Bertz CT molecular complexity index is 680. The van der Waals surface area contributed by atoms with Gasteiger partial charge in [0.25, 0.3) is 5.91 Å². The van der Waals surface area contributed by atoms with Gasteiger partial charge in [-0.15, -0.1) is 0 Å². The Morgan fingerprint density at radius 2 is 2.33 bits per heavy atom. The number of oxazole rings is 1. The summed E-state index contributed by atoms with van der Waals surface area (Å²) in [7, 11) is 0. The van der Waals surface area contributed by atoms with E-state index in [0.29, 0.717) is 23.6 Å². The van der Waals surface area contributed by atoms with Crippen molar-refractivity contribution in [3.8, 4) is 11.8 Å². The third-order valence-electron chi connectivity index (χ3n) is 2.66. The van der Waals surface area contributed by atoms with E-state index in [1.54, 1.807) is 31.3 Å². The molecule has 0 saturated carbocycles. The summed E-state index contributed by atoms with van der Waals surface area (Å²) in [6, 6.07) is 7.01. The zero-order valence-electron chi connectivity index (χ0n) is 11.7. The fraction of sp³-hybridized carbons (Fsp3) is 0.250. The SMILES string of the molecule is Cc1cnc(CNC(=O)c2cccc(C#CCCO)c2)o1. The molecule has 0 aliphatic heterocycles. The number of aliphatic hydroxyl groups is 1. The minimum atomic E-state index is -0.211. The summed E-state index contributed by atoms with van der Waals surface area (Å²) in [6.07, 6.45) is 2.03. The van der Waals surface area contributed by atoms with Crippen molar-refractivity contribution in [3.05, 3.63) is 53.2 Å². The molecule has 0 saturated heterocycles. The molecular weight excluding hydrogens is 268 g/mol. The Balaban J connectivity index is 1.99. The first-order valence-corrected chi connectivity index (χ1v) is 6.58. The summed E-state index contributed by atoms with van der Waals surface area (Å²) in [5.41, 5.74) is 1.26. The van der Waals surface area contributed by atoms with Gasteiger partial charge in [-0.25, -0.2) is 4.98 Å². The largest absolute Gasteiger partial charge is 0.444 e. The number of benzene rings is 1. The Morgan fingerprint density at radius 3 is 3.05 bits per heavy atom. The lowest BCUT2D eigenvalue weighted by molar-refractivity contribution is 0.0947. The minimum absolute atomic E-state index is 0.0305. The number of amides is 1. The van der Waals surface area contributed by atoms with E-state index in [1.165, 1.54) is 0 Å². The van der Waals surface area contributed by atoms with E-state index in [4.69, 9.17) is 9.52 Å². The Kier molecular flexibility index (Phi) is 5.13. The van der Waals surface area contributed by atoms with Gasteiger partial charge in [-0.3, -0.25) is 4.79 Å². The van der Waals surface area contributed by atoms with E-state index in [0.717, 1.165) is 5.56 Å². The third kappa shape index (κ3) is 4.48. The maximum Gasteiger partial charge on any atom is 0.251 e. The fourth-order valence-corrected chi connectivity index (χ4v) is 1.70. The molecular formula is C16H16N2O3. The molecule has 0 aliphatic rings. The van der Waals surface area contributed by atoms with Crippen molar-refractivity contribution in [3.63, 3.8) is 0 Å². The molecule has 0 aliphatic carbocycles. The second kappa shape index (κ2) is 7.27. The Labute approximate surface area is 123 Å². The summed E-state index contributed by atoms with van der Waals surface area (Å²) in [5, 5.41) is 11.4. The minimum Gasteiger partial charge on any atom is -0.444 e. The van der Waals surface area contributed by atoms with Gasteiger partial charge in [0.15, 0.2) is 0 Å². The van der Waals surface area contributed by atoms with E-state index in [2.05, 4.69) is 22.1 Å². The number of aryl methyl sites for hydroxylation is 1. The van der Waals surface area contributed by atoms with Crippen molar-refractivity contribution in [2.75, 3.05) is 6.61 Å². The van der Waals surface area contributed by atoms with Gasteiger partial charge in [0.05, 0.1) is 19.3 Å². The van der Waals surface area contributed by atoms with Crippen molar-refractivity contribution in [1.29, 1.82) is 0 Å². The van der Waals surface area contributed by atoms with Crippen LogP contribution in [0, 0.1) is 18.8 Å². The highest BCUT2D eigenvalue weighted by Gasteiger charge is 2.07. The van der Waals surface area contributed by atoms with Crippen molar-refractivity contribution in [1.82, 2.24) is 10.3 Å². The molecule has 0 unspecified atom stereocenters. The number of hydrogen-bond acceptors (Lipinski definition) is 4. The number of rotatable bonds is 4. The number of aromatic nitrogens is 1. The number of carbonyl (C=O) groups excluding carboxylic acids is 1. The van der Waals surface area contributed by atoms with Gasteiger partial charge >= 0.3 is 0 Å². The zero-order chi connectivity index (χ0) is 15.1. The summed E-state index contributed by atoms with van der Waals surface area (Å²) in [4.78, 5) is 16.1. The quantitative estimate of drug-likeness (QED) is 0.837. The van der Waals surface area contributed by atoms with E-state index in [9.17, 15) is 4.79 Å². The van der Waals surface area contributed by atoms with Gasteiger partial charge in [0.1, 0.15) is 5.76 Å². The predicted molar refractivity (Wildman–Crippen MR) is 77.4 cm³/mol. The normalized spacial score (nSPS) is 9.81. The smallest absolute Gasteiger partial charge is 0.251 e. The van der Waals surface area contributed by atoms with E-state index >= 15 is 0 Å². The first-order chi connectivity index (χ1) is 10.2. The van der Waals surface area contributed by atoms with Crippen LogP contribution in [0.5, 0.6) is 0 Å². The molecule has 2 rings (SSSR count). The van der Waals surface area contributed by atoms with Crippen LogP contribution in [0.15, 0.2) is 34.9 Å². The van der Waals surface area contributed by atoms with E-state index in [1.807, 2.05) is 6.07 Å². The number of nitrogens with one attached hydrogen (secondary N) is 1. The van der Waals surface area contributed by atoms with Crippen molar-refractivity contribution >= 4 is 5.91 Å². The van der Waals surface area contributed by atoms with Crippen LogP contribution in [-0.2, 0) is 6.54 Å². The first-order valence-electron chi connectivity index (χ1n) is 6.58. The molecule has 0 bridgehead atoms. The molecule has 1 aromatic heterocycles. The maximum atomic E-state index is 12.0. The molecule has 0 atom stereocenters. The van der Waals surface area contributed by atoms with Crippen LogP contribution in [0.1, 0.15) is 34.0 Å². The van der Waals surface area contributed by atoms with Gasteiger partial charge < -0.3 is 14.8 Å². The van der Waals surface area contributed by atoms with Crippen molar-refractivity contribution < 1.29 is 14.3 Å². The highest BCUT2D eigenvalue weighted by Crippen LogP contribution is 2.06. The molecule has 5 nitrogen and oxygen atoms in total. The lowest BCUT2D eigenvalue weighted by Crippen LogP contribution is -2.22. The Hall–Kier alpha value is -2.58. The average molecular weight is 284 g/mol. The molecule has 108 valence electrons. The third-order valence-corrected chi connectivity index (χ3v) is 2.66. The number of carbonyl (C=O) groups is 1. The van der Waals surface area contributed by atoms with Crippen LogP contribution in [0.2, 0.25) is 0 Å². The van der Waals surface area contributed by atoms with Gasteiger partial charge in [0.2, 0.25) is 5.89 Å². The van der Waals surface area contributed by atoms with Crippen molar-refractivity contribution in [2.24, 2.45) is 0 Å². The number of hydrogen-bond donors (Lipinski definition) is 2. The second-order valence-electron chi connectivity index (χ2n) is 4.40. The van der Waals surface area contributed by atoms with Crippen LogP contribution in [-0.4, -0.2) is 22.6 Å². The summed E-state index contributed by atoms with van der Waals surface area (Å²) >= 11 is 0. The van der Waals surface area contributed by atoms with Crippen LogP contribution in [0.3, 0.4) is 0 Å². The lowest BCUT2D eigenvalue weighted by Gasteiger charge is -2.03. The first kappa shape index (κ1) is 14.8. The van der Waals surface area contributed by atoms with Gasteiger partial charge in [-0.1, -0.05) is 17.9 Å². The molecule has 0 spiro atoms. The Morgan fingerprint density at radius 1 is 1.48 bits per heavy atom.